The monoisotopic (exact) mass is 458 g/mol. The minimum absolute atomic E-state index is 0.123. The number of hydrogen-bond donors (Lipinski definition) is 1. The lowest BCUT2D eigenvalue weighted by Crippen LogP contribution is -2.46. The van der Waals surface area contributed by atoms with E-state index in [1.165, 1.54) is 6.07 Å². The molecule has 158 valence electrons. The summed E-state index contributed by atoms with van der Waals surface area (Å²) in [5.41, 5.74) is 1.18. The van der Waals surface area contributed by atoms with Crippen LogP contribution in [0.1, 0.15) is 5.56 Å². The van der Waals surface area contributed by atoms with Crippen LogP contribution in [0.4, 0.5) is 5.69 Å². The number of morpholine rings is 1. The van der Waals surface area contributed by atoms with Crippen LogP contribution in [0.2, 0.25) is 10.0 Å². The third-order valence-corrected chi connectivity index (χ3v) is 7.08. The highest BCUT2D eigenvalue weighted by Gasteiger charge is 2.29. The number of sulfonamides is 1. The lowest BCUT2D eigenvalue weighted by molar-refractivity contribution is 0.0166. The Kier molecular flexibility index (Phi) is 7.42. The fourth-order valence-corrected chi connectivity index (χ4v) is 5.12. The SMILES string of the molecule is Cc1ccc(S(=O)(=O)N(C[C@@H](O)CN2CCOCC2)c2cc(Cl)ccc2Cl)cc1. The fraction of sp³-hybridized carbons (Fsp3) is 0.400. The molecule has 29 heavy (non-hydrogen) atoms. The highest BCUT2D eigenvalue weighted by molar-refractivity contribution is 7.92. The first-order valence-corrected chi connectivity index (χ1v) is 11.5. The van der Waals surface area contributed by atoms with E-state index < -0.39 is 16.1 Å². The van der Waals surface area contributed by atoms with Crippen molar-refractivity contribution in [3.8, 4) is 0 Å². The summed E-state index contributed by atoms with van der Waals surface area (Å²) in [5, 5.41) is 11.3. The van der Waals surface area contributed by atoms with Gasteiger partial charge in [0.1, 0.15) is 0 Å². The lowest BCUT2D eigenvalue weighted by atomic mass is 10.2. The number of nitrogens with zero attached hydrogens (tertiary/aromatic N) is 2. The van der Waals surface area contributed by atoms with Crippen molar-refractivity contribution in [2.45, 2.75) is 17.9 Å². The van der Waals surface area contributed by atoms with Crippen LogP contribution in [0.5, 0.6) is 0 Å². The second kappa shape index (κ2) is 9.64. The van der Waals surface area contributed by atoms with Gasteiger partial charge in [-0.25, -0.2) is 8.42 Å². The van der Waals surface area contributed by atoms with Crippen LogP contribution in [0.25, 0.3) is 0 Å². The van der Waals surface area contributed by atoms with Crippen molar-refractivity contribution in [2.75, 3.05) is 43.7 Å². The van der Waals surface area contributed by atoms with Gasteiger partial charge in [0.05, 0.1) is 41.5 Å². The Hall–Kier alpha value is -1.35. The molecule has 9 heteroatoms. The van der Waals surface area contributed by atoms with Crippen LogP contribution in [0.15, 0.2) is 47.4 Å². The van der Waals surface area contributed by atoms with Crippen molar-refractivity contribution in [3.63, 3.8) is 0 Å². The van der Waals surface area contributed by atoms with Gasteiger partial charge < -0.3 is 9.84 Å². The summed E-state index contributed by atoms with van der Waals surface area (Å²) in [6, 6.07) is 11.2. The van der Waals surface area contributed by atoms with Crippen molar-refractivity contribution >= 4 is 38.9 Å². The van der Waals surface area contributed by atoms with Gasteiger partial charge in [-0.2, -0.15) is 0 Å². The summed E-state index contributed by atoms with van der Waals surface area (Å²) >= 11 is 12.4. The van der Waals surface area contributed by atoms with Crippen LogP contribution in [-0.4, -0.2) is 63.9 Å². The van der Waals surface area contributed by atoms with Crippen molar-refractivity contribution in [2.24, 2.45) is 0 Å². The van der Waals surface area contributed by atoms with Crippen molar-refractivity contribution < 1.29 is 18.3 Å². The number of aliphatic hydroxyl groups excluding tert-OH is 1. The van der Waals surface area contributed by atoms with Gasteiger partial charge in [-0.1, -0.05) is 40.9 Å². The van der Waals surface area contributed by atoms with E-state index in [2.05, 4.69) is 0 Å². The molecule has 3 rings (SSSR count). The quantitative estimate of drug-likeness (QED) is 0.689. The van der Waals surface area contributed by atoms with Crippen LogP contribution in [0.3, 0.4) is 0 Å². The third-order valence-electron chi connectivity index (χ3n) is 4.74. The highest BCUT2D eigenvalue weighted by Crippen LogP contribution is 2.33. The second-order valence-corrected chi connectivity index (χ2v) is 9.72. The third kappa shape index (κ3) is 5.63. The van der Waals surface area contributed by atoms with Crippen LogP contribution in [0, 0.1) is 6.92 Å². The molecular weight excluding hydrogens is 435 g/mol. The average Bonchev–Trinajstić information content (AvgIpc) is 2.69. The van der Waals surface area contributed by atoms with Gasteiger partial charge >= 0.3 is 0 Å². The predicted molar refractivity (Wildman–Crippen MR) is 115 cm³/mol. The molecule has 1 saturated heterocycles. The highest BCUT2D eigenvalue weighted by atomic mass is 35.5. The minimum atomic E-state index is -3.96. The second-order valence-electron chi connectivity index (χ2n) is 7.01. The van der Waals surface area contributed by atoms with E-state index in [4.69, 9.17) is 27.9 Å². The zero-order valence-corrected chi connectivity index (χ0v) is 18.4. The number of aryl methyl sites for hydroxylation is 1. The fourth-order valence-electron chi connectivity index (χ4n) is 3.17. The van der Waals surface area contributed by atoms with Crippen molar-refractivity contribution in [3.05, 3.63) is 58.1 Å². The molecule has 0 radical (unpaired) electrons. The molecule has 2 aromatic rings. The summed E-state index contributed by atoms with van der Waals surface area (Å²) in [7, 11) is -3.96. The van der Waals surface area contributed by atoms with E-state index in [-0.39, 0.29) is 22.2 Å². The first-order valence-electron chi connectivity index (χ1n) is 9.30. The average molecular weight is 459 g/mol. The molecule has 1 aliphatic rings. The smallest absolute Gasteiger partial charge is 0.264 e. The first-order chi connectivity index (χ1) is 13.8. The summed E-state index contributed by atoms with van der Waals surface area (Å²) in [6.45, 7) is 4.65. The Balaban J connectivity index is 1.93. The number of anilines is 1. The molecule has 0 spiro atoms. The maximum Gasteiger partial charge on any atom is 0.264 e. The Bertz CT molecular complexity index is 932. The van der Waals surface area contributed by atoms with Gasteiger partial charge in [0.2, 0.25) is 0 Å². The Morgan fingerprint density at radius 1 is 1.14 bits per heavy atom. The number of benzene rings is 2. The topological polar surface area (TPSA) is 70.1 Å². The first kappa shape index (κ1) is 22.3. The molecule has 0 bridgehead atoms. The molecule has 1 N–H and O–H groups in total. The van der Waals surface area contributed by atoms with Gasteiger partial charge in [-0.15, -0.1) is 0 Å². The molecule has 0 aliphatic carbocycles. The standard InChI is InChI=1S/C20H24Cl2N2O4S/c1-15-2-5-18(6-3-15)29(26,27)24(20-12-16(21)4-7-19(20)22)14-17(25)13-23-8-10-28-11-9-23/h2-7,12,17,25H,8-11,13-14H2,1H3/t17-/m0/s1. The van der Waals surface area contributed by atoms with Crippen molar-refractivity contribution in [1.29, 1.82) is 0 Å². The Labute approximate surface area is 181 Å². The molecule has 1 aliphatic heterocycles. The molecule has 1 fully saturated rings. The number of halogens is 2. The van der Waals surface area contributed by atoms with E-state index in [9.17, 15) is 13.5 Å². The van der Waals surface area contributed by atoms with Gasteiger partial charge in [-0.3, -0.25) is 9.21 Å². The van der Waals surface area contributed by atoms with Gasteiger partial charge in [-0.05, 0) is 37.3 Å². The summed E-state index contributed by atoms with van der Waals surface area (Å²) in [4.78, 5) is 2.17. The zero-order valence-electron chi connectivity index (χ0n) is 16.1. The van der Waals surface area contributed by atoms with E-state index in [0.29, 0.717) is 37.9 Å². The van der Waals surface area contributed by atoms with E-state index >= 15 is 0 Å². The molecule has 6 nitrogen and oxygen atoms in total. The summed E-state index contributed by atoms with van der Waals surface area (Å²) in [5.74, 6) is 0. The van der Waals surface area contributed by atoms with Gasteiger partial charge in [0.25, 0.3) is 10.0 Å². The van der Waals surface area contributed by atoms with Gasteiger partial charge in [0, 0.05) is 24.7 Å². The van der Waals surface area contributed by atoms with Crippen LogP contribution in [-0.2, 0) is 14.8 Å². The lowest BCUT2D eigenvalue weighted by Gasteiger charge is -2.32. The number of hydrogen-bond acceptors (Lipinski definition) is 5. The minimum Gasteiger partial charge on any atom is -0.390 e. The summed E-state index contributed by atoms with van der Waals surface area (Å²) in [6.07, 6.45) is -0.914. The Morgan fingerprint density at radius 2 is 1.79 bits per heavy atom. The molecule has 0 saturated carbocycles. The predicted octanol–water partition coefficient (Wildman–Crippen LogP) is 3.19. The molecule has 0 aromatic heterocycles. The maximum atomic E-state index is 13.4. The number of aliphatic hydroxyl groups is 1. The van der Waals surface area contributed by atoms with Crippen LogP contribution < -0.4 is 4.31 Å². The Morgan fingerprint density at radius 3 is 2.45 bits per heavy atom. The van der Waals surface area contributed by atoms with Crippen LogP contribution >= 0.6 is 23.2 Å². The normalized spacial score (nSPS) is 16.6. The maximum absolute atomic E-state index is 13.4. The number of rotatable bonds is 7. The molecule has 2 aromatic carbocycles. The summed E-state index contributed by atoms with van der Waals surface area (Å²) < 4.78 is 33.3. The van der Waals surface area contributed by atoms with Gasteiger partial charge in [0.15, 0.2) is 0 Å². The van der Waals surface area contributed by atoms with Crippen molar-refractivity contribution in [1.82, 2.24) is 4.90 Å². The largest absolute Gasteiger partial charge is 0.390 e. The molecule has 0 amide bonds. The number of ether oxygens (including phenoxy) is 1. The molecule has 0 unspecified atom stereocenters. The van der Waals surface area contributed by atoms with E-state index in [1.54, 1.807) is 36.4 Å². The molecular formula is C20H24Cl2N2O4S. The molecule has 1 atom stereocenters. The van der Waals surface area contributed by atoms with E-state index in [1.807, 2.05) is 11.8 Å². The number of β-amino-alcohol motifs (C(OH)–C–C–N with tert-alkyl or cyclic N) is 1. The zero-order chi connectivity index (χ0) is 21.0. The molecule has 1 heterocycles. The van der Waals surface area contributed by atoms with E-state index in [0.717, 1.165) is 9.87 Å².